The lowest BCUT2D eigenvalue weighted by atomic mass is 10.3. The van der Waals surface area contributed by atoms with E-state index in [1.165, 1.54) is 16.3 Å². The van der Waals surface area contributed by atoms with Crippen molar-refractivity contribution < 1.29 is 30.4 Å². The molecule has 27 heavy (non-hydrogen) atoms. The number of nitrogens with two attached hydrogens (primary N) is 1. The SMILES string of the molecule is Cn1cc(S(=O)(=O)NCC(F)(F)F)cc1C(N)=Nc1cc(F)c(F)c(Cl)c1. The fourth-order valence-corrected chi connectivity index (χ4v) is 3.29. The summed E-state index contributed by atoms with van der Waals surface area (Å²) in [6, 6.07) is 2.71. The van der Waals surface area contributed by atoms with Gasteiger partial charge in [0, 0.05) is 19.3 Å². The summed E-state index contributed by atoms with van der Waals surface area (Å²) in [5, 5.41) is -0.534. The smallest absolute Gasteiger partial charge is 0.382 e. The first kappa shape index (κ1) is 21.1. The van der Waals surface area contributed by atoms with Crippen molar-refractivity contribution in [3.8, 4) is 0 Å². The van der Waals surface area contributed by atoms with Gasteiger partial charge in [0.25, 0.3) is 0 Å². The highest BCUT2D eigenvalue weighted by molar-refractivity contribution is 7.89. The van der Waals surface area contributed by atoms with Crippen LogP contribution in [0.2, 0.25) is 5.02 Å². The van der Waals surface area contributed by atoms with Crippen molar-refractivity contribution in [2.75, 3.05) is 6.54 Å². The van der Waals surface area contributed by atoms with Gasteiger partial charge >= 0.3 is 6.18 Å². The number of halogens is 6. The number of rotatable bonds is 5. The zero-order chi connectivity index (χ0) is 20.6. The van der Waals surface area contributed by atoms with Gasteiger partial charge in [-0.3, -0.25) is 0 Å². The monoisotopic (exact) mass is 430 g/mol. The molecule has 0 aliphatic carbocycles. The normalized spacial score (nSPS) is 13.2. The lowest BCUT2D eigenvalue weighted by Gasteiger charge is -2.07. The Bertz CT molecular complexity index is 978. The summed E-state index contributed by atoms with van der Waals surface area (Å²) in [4.78, 5) is 3.34. The van der Waals surface area contributed by atoms with Gasteiger partial charge in [-0.2, -0.15) is 13.2 Å². The Morgan fingerprint density at radius 2 is 1.93 bits per heavy atom. The van der Waals surface area contributed by atoms with E-state index in [0.29, 0.717) is 0 Å². The molecule has 0 bridgehead atoms. The molecule has 0 aliphatic rings. The van der Waals surface area contributed by atoms with Crippen molar-refractivity contribution in [3.05, 3.63) is 46.7 Å². The van der Waals surface area contributed by atoms with Crippen LogP contribution in [0, 0.1) is 11.6 Å². The van der Waals surface area contributed by atoms with Gasteiger partial charge in [-0.15, -0.1) is 0 Å². The van der Waals surface area contributed by atoms with E-state index in [9.17, 15) is 30.4 Å². The van der Waals surface area contributed by atoms with E-state index in [-0.39, 0.29) is 17.2 Å². The minimum atomic E-state index is -4.73. The van der Waals surface area contributed by atoms with Gasteiger partial charge in [-0.05, 0) is 12.1 Å². The van der Waals surface area contributed by atoms with Crippen molar-refractivity contribution in [1.82, 2.24) is 9.29 Å². The van der Waals surface area contributed by atoms with Crippen molar-refractivity contribution in [1.29, 1.82) is 0 Å². The number of nitrogens with one attached hydrogen (secondary N) is 1. The Labute approximate surface area is 155 Å². The van der Waals surface area contributed by atoms with Crippen molar-refractivity contribution in [3.63, 3.8) is 0 Å². The second-order valence-corrected chi connectivity index (χ2v) is 7.51. The number of nitrogens with zero attached hydrogens (tertiary/aromatic N) is 2. The summed E-state index contributed by atoms with van der Waals surface area (Å²) in [6.45, 7) is -1.74. The Morgan fingerprint density at radius 1 is 1.30 bits per heavy atom. The highest BCUT2D eigenvalue weighted by Crippen LogP contribution is 2.25. The lowest BCUT2D eigenvalue weighted by molar-refractivity contribution is -0.121. The van der Waals surface area contributed by atoms with Crippen LogP contribution in [-0.2, 0) is 17.1 Å². The highest BCUT2D eigenvalue weighted by Gasteiger charge is 2.30. The van der Waals surface area contributed by atoms with Crippen LogP contribution in [0.3, 0.4) is 0 Å². The van der Waals surface area contributed by atoms with Gasteiger partial charge in [0.05, 0.1) is 16.4 Å². The summed E-state index contributed by atoms with van der Waals surface area (Å²) in [7, 11) is -3.08. The van der Waals surface area contributed by atoms with E-state index in [0.717, 1.165) is 24.4 Å². The molecule has 0 aliphatic heterocycles. The number of aromatic nitrogens is 1. The predicted molar refractivity (Wildman–Crippen MR) is 88.4 cm³/mol. The molecular formula is C14H12ClF5N4O2S. The Morgan fingerprint density at radius 3 is 2.48 bits per heavy atom. The first-order chi connectivity index (χ1) is 12.3. The molecule has 0 fully saturated rings. The van der Waals surface area contributed by atoms with E-state index in [4.69, 9.17) is 17.3 Å². The first-order valence-corrected chi connectivity index (χ1v) is 8.88. The molecule has 0 saturated heterocycles. The second kappa shape index (κ2) is 7.44. The molecule has 148 valence electrons. The Balaban J connectivity index is 2.35. The van der Waals surface area contributed by atoms with Crippen molar-refractivity contribution in [2.24, 2.45) is 17.8 Å². The van der Waals surface area contributed by atoms with Crippen LogP contribution < -0.4 is 10.5 Å². The number of hydrogen-bond donors (Lipinski definition) is 2. The maximum atomic E-state index is 13.4. The zero-order valence-corrected chi connectivity index (χ0v) is 15.1. The third-order valence-corrected chi connectivity index (χ3v) is 4.88. The summed E-state index contributed by atoms with van der Waals surface area (Å²) in [5.41, 5.74) is 5.62. The van der Waals surface area contributed by atoms with Gasteiger partial charge in [0.2, 0.25) is 10.0 Å². The van der Waals surface area contributed by atoms with Crippen LogP contribution in [0.15, 0.2) is 34.3 Å². The number of sulfonamides is 1. The van der Waals surface area contributed by atoms with Gasteiger partial charge in [-0.25, -0.2) is 26.9 Å². The average molecular weight is 431 g/mol. The number of amidine groups is 1. The summed E-state index contributed by atoms with van der Waals surface area (Å²) in [5.74, 6) is -2.82. The molecule has 0 radical (unpaired) electrons. The van der Waals surface area contributed by atoms with Crippen LogP contribution in [0.25, 0.3) is 0 Å². The molecule has 13 heteroatoms. The molecule has 6 nitrogen and oxygen atoms in total. The third-order valence-electron chi connectivity index (χ3n) is 3.23. The van der Waals surface area contributed by atoms with Crippen LogP contribution in [-0.4, -0.2) is 31.5 Å². The lowest BCUT2D eigenvalue weighted by Crippen LogP contribution is -2.33. The molecule has 0 atom stereocenters. The number of alkyl halides is 3. The highest BCUT2D eigenvalue weighted by atomic mass is 35.5. The topological polar surface area (TPSA) is 89.5 Å². The minimum Gasteiger partial charge on any atom is -0.382 e. The van der Waals surface area contributed by atoms with Crippen LogP contribution in [0.4, 0.5) is 27.6 Å². The summed E-state index contributed by atoms with van der Waals surface area (Å²) in [6.07, 6.45) is -3.70. The van der Waals surface area contributed by atoms with E-state index in [1.54, 1.807) is 0 Å². The zero-order valence-electron chi connectivity index (χ0n) is 13.5. The Hall–Kier alpha value is -2.18. The molecule has 2 rings (SSSR count). The molecular weight excluding hydrogens is 419 g/mol. The van der Waals surface area contributed by atoms with Gasteiger partial charge in [0.15, 0.2) is 11.6 Å². The Kier molecular flexibility index (Phi) is 5.82. The van der Waals surface area contributed by atoms with Crippen LogP contribution in [0.5, 0.6) is 0 Å². The molecule has 1 aromatic carbocycles. The largest absolute Gasteiger partial charge is 0.402 e. The number of aliphatic imine (C=N–C) groups is 1. The van der Waals surface area contributed by atoms with Crippen LogP contribution >= 0.6 is 11.6 Å². The standard InChI is InChI=1S/C14H12ClF5N4O2S/c1-24-5-8(27(25,26)22-6-14(18,19)20)4-11(24)13(21)23-7-2-9(15)12(17)10(16)3-7/h2-5,22H,6H2,1H3,(H2,21,23). The van der Waals surface area contributed by atoms with Gasteiger partial charge in [0.1, 0.15) is 17.3 Å². The fourth-order valence-electron chi connectivity index (χ4n) is 2.00. The average Bonchev–Trinajstić information content (AvgIpc) is 2.93. The molecule has 0 unspecified atom stereocenters. The van der Waals surface area contributed by atoms with E-state index < -0.39 is 44.3 Å². The van der Waals surface area contributed by atoms with Crippen LogP contribution in [0.1, 0.15) is 5.69 Å². The molecule has 1 aromatic heterocycles. The van der Waals surface area contributed by atoms with Gasteiger partial charge < -0.3 is 10.3 Å². The van der Waals surface area contributed by atoms with E-state index >= 15 is 0 Å². The third kappa shape index (κ3) is 5.17. The number of benzene rings is 1. The van der Waals surface area contributed by atoms with Crippen molar-refractivity contribution >= 4 is 33.1 Å². The van der Waals surface area contributed by atoms with E-state index in [2.05, 4.69) is 4.99 Å². The second-order valence-electron chi connectivity index (χ2n) is 5.33. The molecule has 0 saturated carbocycles. The first-order valence-electron chi connectivity index (χ1n) is 7.02. The number of hydrogen-bond acceptors (Lipinski definition) is 3. The summed E-state index contributed by atoms with van der Waals surface area (Å²) >= 11 is 5.51. The number of aryl methyl sites for hydroxylation is 1. The maximum Gasteiger partial charge on any atom is 0.402 e. The quantitative estimate of drug-likeness (QED) is 0.331. The predicted octanol–water partition coefficient (Wildman–Crippen LogP) is 2.83. The van der Waals surface area contributed by atoms with Gasteiger partial charge in [-0.1, -0.05) is 11.6 Å². The fraction of sp³-hybridized carbons (Fsp3) is 0.214. The molecule has 0 amide bonds. The maximum absolute atomic E-state index is 13.4. The summed E-state index contributed by atoms with van der Waals surface area (Å²) < 4.78 is 89.7. The van der Waals surface area contributed by atoms with Crippen molar-refractivity contribution in [2.45, 2.75) is 11.1 Å². The molecule has 3 N–H and O–H groups in total. The molecule has 0 spiro atoms. The van der Waals surface area contributed by atoms with E-state index in [1.807, 2.05) is 0 Å². The minimum absolute atomic E-state index is 0.0169. The molecule has 2 aromatic rings. The molecule has 1 heterocycles.